The van der Waals surface area contributed by atoms with Gasteiger partial charge in [0.25, 0.3) is 0 Å². The molecule has 1 aliphatic heterocycles. The number of carbonyl (C=O) groups is 5. The van der Waals surface area contributed by atoms with Crippen molar-refractivity contribution in [2.45, 2.75) is 84.0 Å². The van der Waals surface area contributed by atoms with E-state index in [9.17, 15) is 29.1 Å². The number of carboxylic acid groups (broad SMARTS) is 2. The zero-order chi connectivity index (χ0) is 24.6. The van der Waals surface area contributed by atoms with E-state index in [1.165, 1.54) is 4.90 Å². The van der Waals surface area contributed by atoms with Gasteiger partial charge in [-0.25, -0.2) is 4.79 Å². The van der Waals surface area contributed by atoms with E-state index in [0.717, 1.165) is 0 Å². The summed E-state index contributed by atoms with van der Waals surface area (Å²) in [5, 5.41) is 23.5. The minimum atomic E-state index is -1.20. The van der Waals surface area contributed by atoms with Crippen LogP contribution in [0.3, 0.4) is 0 Å². The number of carbonyl (C=O) groups excluding carboxylic acids is 3. The van der Waals surface area contributed by atoms with Crippen LogP contribution in [-0.4, -0.2) is 75.5 Å². The Morgan fingerprint density at radius 1 is 1.06 bits per heavy atom. The summed E-state index contributed by atoms with van der Waals surface area (Å²) >= 11 is 0. The van der Waals surface area contributed by atoms with Crippen molar-refractivity contribution in [1.82, 2.24) is 15.5 Å². The van der Waals surface area contributed by atoms with Gasteiger partial charge in [0, 0.05) is 13.0 Å². The minimum Gasteiger partial charge on any atom is -0.481 e. The Morgan fingerprint density at radius 3 is 2.19 bits per heavy atom. The minimum absolute atomic E-state index is 0.147. The summed E-state index contributed by atoms with van der Waals surface area (Å²) in [6, 6.07) is -4.04. The Bertz CT molecular complexity index is 712. The Morgan fingerprint density at radius 2 is 1.69 bits per heavy atom. The Kier molecular flexibility index (Phi) is 10.6. The lowest BCUT2D eigenvalue weighted by molar-refractivity contribution is -0.150. The van der Waals surface area contributed by atoms with E-state index >= 15 is 0 Å². The molecule has 0 radical (unpaired) electrons. The van der Waals surface area contributed by atoms with Crippen LogP contribution in [-0.2, 0) is 24.0 Å². The van der Waals surface area contributed by atoms with Crippen molar-refractivity contribution >= 4 is 29.7 Å². The van der Waals surface area contributed by atoms with Gasteiger partial charge in [-0.3, -0.25) is 19.2 Å². The standard InChI is InChI=1S/C21H36N4O7/c1-5-12(4)16(22)19(29)23-13(8-9-15(26)27)18(28)24-17(11(2)3)20(30)25-10-6-7-14(25)21(31)32/h11-14,16-17H,5-10,22H2,1-4H3,(H,23,29)(H,24,28)(H,26,27)(H,31,32). The highest BCUT2D eigenvalue weighted by Crippen LogP contribution is 2.20. The Labute approximate surface area is 188 Å². The van der Waals surface area contributed by atoms with E-state index in [0.29, 0.717) is 19.3 Å². The number of nitrogens with two attached hydrogens (primary N) is 1. The van der Waals surface area contributed by atoms with E-state index < -0.39 is 53.8 Å². The van der Waals surface area contributed by atoms with Gasteiger partial charge >= 0.3 is 11.9 Å². The zero-order valence-corrected chi connectivity index (χ0v) is 19.2. The number of aliphatic carboxylic acids is 2. The molecular weight excluding hydrogens is 420 g/mol. The highest BCUT2D eigenvalue weighted by atomic mass is 16.4. The molecule has 1 saturated heterocycles. The van der Waals surface area contributed by atoms with Crippen molar-refractivity contribution in [3.8, 4) is 0 Å². The van der Waals surface area contributed by atoms with E-state index in [2.05, 4.69) is 10.6 Å². The van der Waals surface area contributed by atoms with Gasteiger partial charge in [0.05, 0.1) is 6.04 Å². The Balaban J connectivity index is 3.00. The third-order valence-corrected chi connectivity index (χ3v) is 5.89. The van der Waals surface area contributed by atoms with E-state index in [-0.39, 0.29) is 31.2 Å². The monoisotopic (exact) mass is 456 g/mol. The second-order valence-corrected chi connectivity index (χ2v) is 8.66. The molecule has 0 spiro atoms. The van der Waals surface area contributed by atoms with Gasteiger partial charge in [-0.2, -0.15) is 0 Å². The molecule has 5 unspecified atom stereocenters. The summed E-state index contributed by atoms with van der Waals surface area (Å²) in [7, 11) is 0. The lowest BCUT2D eigenvalue weighted by Gasteiger charge is -2.31. The van der Waals surface area contributed by atoms with Crippen molar-refractivity contribution in [2.75, 3.05) is 6.54 Å². The number of amides is 3. The number of likely N-dealkylation sites (tertiary alicyclic amines) is 1. The van der Waals surface area contributed by atoms with Crippen molar-refractivity contribution in [3.63, 3.8) is 0 Å². The van der Waals surface area contributed by atoms with Crippen LogP contribution < -0.4 is 16.4 Å². The predicted molar refractivity (Wildman–Crippen MR) is 115 cm³/mol. The molecular formula is C21H36N4O7. The van der Waals surface area contributed by atoms with Crippen LogP contribution in [0.15, 0.2) is 0 Å². The second kappa shape index (κ2) is 12.4. The molecule has 32 heavy (non-hydrogen) atoms. The lowest BCUT2D eigenvalue weighted by atomic mass is 9.98. The molecule has 1 fully saturated rings. The van der Waals surface area contributed by atoms with Crippen LogP contribution in [0, 0.1) is 11.8 Å². The largest absolute Gasteiger partial charge is 0.481 e. The van der Waals surface area contributed by atoms with Gasteiger partial charge in [0.1, 0.15) is 18.1 Å². The SMILES string of the molecule is CCC(C)C(N)C(=O)NC(CCC(=O)O)C(=O)NC(C(=O)N1CCCC1C(=O)O)C(C)C. The van der Waals surface area contributed by atoms with Gasteiger partial charge in [0.2, 0.25) is 17.7 Å². The van der Waals surface area contributed by atoms with Crippen LogP contribution in [0.4, 0.5) is 0 Å². The summed E-state index contributed by atoms with van der Waals surface area (Å²) in [5.74, 6) is -4.56. The number of hydrogen-bond donors (Lipinski definition) is 5. The zero-order valence-electron chi connectivity index (χ0n) is 19.2. The summed E-state index contributed by atoms with van der Waals surface area (Å²) in [5.41, 5.74) is 5.92. The quantitative estimate of drug-likeness (QED) is 0.270. The normalized spacial score (nSPS) is 19.7. The molecule has 5 atom stereocenters. The lowest BCUT2D eigenvalue weighted by Crippen LogP contribution is -2.58. The molecule has 11 heteroatoms. The highest BCUT2D eigenvalue weighted by Gasteiger charge is 2.39. The van der Waals surface area contributed by atoms with Crippen LogP contribution in [0.1, 0.15) is 59.8 Å². The predicted octanol–water partition coefficient (Wildman–Crippen LogP) is -0.0742. The number of carboxylic acids is 2. The summed E-state index contributed by atoms with van der Waals surface area (Å²) in [6.45, 7) is 7.35. The molecule has 3 amide bonds. The van der Waals surface area contributed by atoms with Gasteiger partial charge in [-0.1, -0.05) is 34.1 Å². The first-order chi connectivity index (χ1) is 14.9. The number of nitrogens with zero attached hydrogens (tertiary/aromatic N) is 1. The molecule has 0 bridgehead atoms. The van der Waals surface area contributed by atoms with E-state index in [1.54, 1.807) is 20.8 Å². The first-order valence-electron chi connectivity index (χ1n) is 11.0. The first kappa shape index (κ1) is 27.3. The first-order valence-corrected chi connectivity index (χ1v) is 11.0. The molecule has 0 aromatic heterocycles. The molecule has 1 heterocycles. The molecule has 0 aromatic carbocycles. The van der Waals surface area contributed by atoms with Crippen LogP contribution in [0.25, 0.3) is 0 Å². The molecule has 11 nitrogen and oxygen atoms in total. The van der Waals surface area contributed by atoms with Crippen LogP contribution >= 0.6 is 0 Å². The maximum absolute atomic E-state index is 13.0. The molecule has 182 valence electrons. The molecule has 6 N–H and O–H groups in total. The van der Waals surface area contributed by atoms with Crippen LogP contribution in [0.2, 0.25) is 0 Å². The highest BCUT2D eigenvalue weighted by molar-refractivity contribution is 5.94. The fourth-order valence-corrected chi connectivity index (χ4v) is 3.55. The molecule has 1 aliphatic rings. The fraction of sp³-hybridized carbons (Fsp3) is 0.762. The number of nitrogens with one attached hydrogen (secondary N) is 2. The Hall–Kier alpha value is -2.69. The van der Waals surface area contributed by atoms with E-state index in [1.807, 2.05) is 6.92 Å². The van der Waals surface area contributed by atoms with E-state index in [4.69, 9.17) is 10.8 Å². The summed E-state index contributed by atoms with van der Waals surface area (Å²) < 4.78 is 0. The average molecular weight is 457 g/mol. The van der Waals surface area contributed by atoms with Gasteiger partial charge in [0.15, 0.2) is 0 Å². The third-order valence-electron chi connectivity index (χ3n) is 5.89. The van der Waals surface area contributed by atoms with Gasteiger partial charge in [-0.15, -0.1) is 0 Å². The number of hydrogen-bond acceptors (Lipinski definition) is 6. The molecule has 0 aliphatic carbocycles. The van der Waals surface area contributed by atoms with Crippen molar-refractivity contribution in [2.24, 2.45) is 17.6 Å². The maximum atomic E-state index is 13.0. The smallest absolute Gasteiger partial charge is 0.326 e. The molecule has 0 saturated carbocycles. The summed E-state index contributed by atoms with van der Waals surface area (Å²) in [4.78, 5) is 62.2. The van der Waals surface area contributed by atoms with Gasteiger partial charge in [-0.05, 0) is 31.1 Å². The maximum Gasteiger partial charge on any atom is 0.326 e. The number of rotatable bonds is 12. The van der Waals surface area contributed by atoms with Gasteiger partial charge < -0.3 is 31.5 Å². The second-order valence-electron chi connectivity index (χ2n) is 8.66. The van der Waals surface area contributed by atoms with Crippen molar-refractivity contribution < 1.29 is 34.2 Å². The average Bonchev–Trinajstić information content (AvgIpc) is 3.22. The van der Waals surface area contributed by atoms with Crippen LogP contribution in [0.5, 0.6) is 0 Å². The third kappa shape index (κ3) is 7.47. The summed E-state index contributed by atoms with van der Waals surface area (Å²) in [6.07, 6.45) is 0.979. The molecule has 0 aromatic rings. The molecule has 1 rings (SSSR count). The van der Waals surface area contributed by atoms with Crippen molar-refractivity contribution in [1.29, 1.82) is 0 Å². The fourth-order valence-electron chi connectivity index (χ4n) is 3.55. The topological polar surface area (TPSA) is 179 Å². The van der Waals surface area contributed by atoms with Crippen molar-refractivity contribution in [3.05, 3.63) is 0 Å².